The summed E-state index contributed by atoms with van der Waals surface area (Å²) in [6.07, 6.45) is -4.41. The number of carbonyl (C=O) groups excluding carboxylic acids is 1. The van der Waals surface area contributed by atoms with Gasteiger partial charge in [0.2, 0.25) is 0 Å². The van der Waals surface area contributed by atoms with Crippen LogP contribution >= 0.6 is 0 Å². The predicted octanol–water partition coefficient (Wildman–Crippen LogP) is 4.54. The molecule has 37 heavy (non-hydrogen) atoms. The second-order valence-corrected chi connectivity index (χ2v) is 10.3. The first-order valence-electron chi connectivity index (χ1n) is 11.5. The van der Waals surface area contributed by atoms with Gasteiger partial charge in [-0.3, -0.25) is 9.52 Å². The molecule has 0 aliphatic carbocycles. The predicted molar refractivity (Wildman–Crippen MR) is 134 cm³/mol. The number of piperazine rings is 1. The van der Waals surface area contributed by atoms with Gasteiger partial charge in [-0.1, -0.05) is 18.2 Å². The quantitative estimate of drug-likeness (QED) is 0.483. The summed E-state index contributed by atoms with van der Waals surface area (Å²) in [7, 11) is -3.78. The summed E-state index contributed by atoms with van der Waals surface area (Å²) < 4.78 is 72.3. The molecule has 196 valence electrons. The van der Waals surface area contributed by atoms with Crippen molar-refractivity contribution >= 4 is 27.3 Å². The second kappa shape index (κ2) is 10.7. The van der Waals surface area contributed by atoms with Crippen LogP contribution in [0.4, 0.5) is 24.5 Å². The van der Waals surface area contributed by atoms with Crippen molar-refractivity contribution in [1.82, 2.24) is 4.90 Å². The van der Waals surface area contributed by atoms with Crippen LogP contribution in [0.15, 0.2) is 77.7 Å². The highest BCUT2D eigenvalue weighted by Gasteiger charge is 2.31. The normalized spacial score (nSPS) is 14.4. The molecular weight excluding hydrogens is 507 g/mol. The Kier molecular flexibility index (Phi) is 7.63. The maximum atomic E-state index is 13.0. The monoisotopic (exact) mass is 533 g/mol. The standard InChI is InChI=1S/C26H26F3N3O4S/c1-19-4-2-6-21(16-19)30-37(34,35)24-10-8-23(9-11-24)36-18-25(33)32-14-12-31(13-15-32)22-7-3-5-20(17-22)26(27,28)29/h2-11,16-17,30H,12-15,18H2,1H3. The van der Waals surface area contributed by atoms with Crippen molar-refractivity contribution in [3.8, 4) is 5.75 Å². The van der Waals surface area contributed by atoms with Crippen LogP contribution in [0, 0.1) is 6.92 Å². The molecule has 1 fully saturated rings. The van der Waals surface area contributed by atoms with E-state index in [1.54, 1.807) is 29.2 Å². The van der Waals surface area contributed by atoms with Crippen LogP contribution in [-0.2, 0) is 21.0 Å². The second-order valence-electron chi connectivity index (χ2n) is 8.65. The molecule has 1 N–H and O–H groups in total. The van der Waals surface area contributed by atoms with Gasteiger partial charge in [0, 0.05) is 37.6 Å². The Balaban J connectivity index is 1.28. The summed E-state index contributed by atoms with van der Waals surface area (Å²) in [4.78, 5) is 16.0. The third kappa shape index (κ3) is 6.73. The molecule has 0 atom stereocenters. The minimum Gasteiger partial charge on any atom is -0.484 e. The van der Waals surface area contributed by atoms with Crippen molar-refractivity contribution in [3.63, 3.8) is 0 Å². The molecular formula is C26H26F3N3O4S. The SMILES string of the molecule is Cc1cccc(NS(=O)(=O)c2ccc(OCC(=O)N3CCN(c4cccc(C(F)(F)F)c4)CC3)cc2)c1. The van der Waals surface area contributed by atoms with Crippen molar-refractivity contribution in [2.24, 2.45) is 0 Å². The van der Waals surface area contributed by atoms with Gasteiger partial charge in [0.15, 0.2) is 6.61 Å². The van der Waals surface area contributed by atoms with Gasteiger partial charge in [0.1, 0.15) is 5.75 Å². The number of anilines is 2. The number of ether oxygens (including phenoxy) is 1. The molecule has 1 saturated heterocycles. The Morgan fingerprint density at radius 3 is 2.27 bits per heavy atom. The number of aryl methyl sites for hydroxylation is 1. The molecule has 11 heteroatoms. The number of alkyl halides is 3. The molecule has 1 aliphatic rings. The molecule has 0 radical (unpaired) electrons. The third-order valence-electron chi connectivity index (χ3n) is 5.94. The smallest absolute Gasteiger partial charge is 0.416 e. The number of carbonyl (C=O) groups is 1. The average molecular weight is 534 g/mol. The van der Waals surface area contributed by atoms with Gasteiger partial charge in [-0.05, 0) is 67.1 Å². The van der Waals surface area contributed by atoms with Gasteiger partial charge in [-0.15, -0.1) is 0 Å². The molecule has 4 rings (SSSR count). The summed E-state index contributed by atoms with van der Waals surface area (Å²) in [6, 6.07) is 17.9. The molecule has 7 nitrogen and oxygen atoms in total. The first-order chi connectivity index (χ1) is 17.5. The van der Waals surface area contributed by atoms with Crippen molar-refractivity contribution in [2.75, 3.05) is 42.4 Å². The number of nitrogens with one attached hydrogen (secondary N) is 1. The maximum Gasteiger partial charge on any atom is 0.416 e. The fourth-order valence-electron chi connectivity index (χ4n) is 3.97. The van der Waals surface area contributed by atoms with Crippen LogP contribution in [0.25, 0.3) is 0 Å². The van der Waals surface area contributed by atoms with Crippen LogP contribution in [0.2, 0.25) is 0 Å². The van der Waals surface area contributed by atoms with Crippen molar-refractivity contribution < 1.29 is 31.1 Å². The highest BCUT2D eigenvalue weighted by molar-refractivity contribution is 7.92. The third-order valence-corrected chi connectivity index (χ3v) is 7.33. The van der Waals surface area contributed by atoms with E-state index in [1.165, 1.54) is 30.3 Å². The van der Waals surface area contributed by atoms with E-state index < -0.39 is 21.8 Å². The summed E-state index contributed by atoms with van der Waals surface area (Å²) >= 11 is 0. The number of benzene rings is 3. The molecule has 1 amide bonds. The largest absolute Gasteiger partial charge is 0.484 e. The van der Waals surface area contributed by atoms with Crippen LogP contribution in [0.1, 0.15) is 11.1 Å². The highest BCUT2D eigenvalue weighted by Crippen LogP contribution is 2.32. The van der Waals surface area contributed by atoms with Gasteiger partial charge in [-0.25, -0.2) is 8.42 Å². The van der Waals surface area contributed by atoms with E-state index in [0.29, 0.717) is 43.3 Å². The van der Waals surface area contributed by atoms with E-state index >= 15 is 0 Å². The number of hydrogen-bond acceptors (Lipinski definition) is 5. The molecule has 0 aromatic heterocycles. The van der Waals surface area contributed by atoms with E-state index in [0.717, 1.165) is 17.7 Å². The van der Waals surface area contributed by atoms with Gasteiger partial charge < -0.3 is 14.5 Å². The number of rotatable bonds is 7. The van der Waals surface area contributed by atoms with Gasteiger partial charge in [-0.2, -0.15) is 13.2 Å². The van der Waals surface area contributed by atoms with E-state index in [-0.39, 0.29) is 17.4 Å². The molecule has 3 aromatic carbocycles. The van der Waals surface area contributed by atoms with E-state index in [1.807, 2.05) is 17.9 Å². The van der Waals surface area contributed by atoms with Gasteiger partial charge >= 0.3 is 6.18 Å². The fraction of sp³-hybridized carbons (Fsp3) is 0.269. The zero-order valence-electron chi connectivity index (χ0n) is 20.0. The van der Waals surface area contributed by atoms with E-state index in [9.17, 15) is 26.4 Å². The number of amides is 1. The van der Waals surface area contributed by atoms with E-state index in [4.69, 9.17) is 4.74 Å². The number of sulfonamides is 1. The Morgan fingerprint density at radius 1 is 0.946 bits per heavy atom. The first-order valence-corrected chi connectivity index (χ1v) is 13.0. The summed E-state index contributed by atoms with van der Waals surface area (Å²) in [5.41, 5.74) is 1.14. The minimum atomic E-state index is -4.41. The first kappa shape index (κ1) is 26.3. The van der Waals surface area contributed by atoms with Crippen molar-refractivity contribution in [2.45, 2.75) is 18.0 Å². The summed E-state index contributed by atoms with van der Waals surface area (Å²) in [5.74, 6) is 0.0759. The number of hydrogen-bond donors (Lipinski definition) is 1. The lowest BCUT2D eigenvalue weighted by atomic mass is 10.1. The van der Waals surface area contributed by atoms with Crippen molar-refractivity contribution in [3.05, 3.63) is 83.9 Å². The number of nitrogens with zero attached hydrogens (tertiary/aromatic N) is 2. The molecule has 0 bridgehead atoms. The Labute approximate surface area is 213 Å². The lowest BCUT2D eigenvalue weighted by molar-refractivity contribution is -0.137. The lowest BCUT2D eigenvalue weighted by Crippen LogP contribution is -2.50. The summed E-state index contributed by atoms with van der Waals surface area (Å²) in [6.45, 7) is 3.11. The average Bonchev–Trinajstić information content (AvgIpc) is 2.87. The molecule has 1 aliphatic heterocycles. The van der Waals surface area contributed by atoms with E-state index in [2.05, 4.69) is 4.72 Å². The maximum absolute atomic E-state index is 13.0. The minimum absolute atomic E-state index is 0.0541. The van der Waals surface area contributed by atoms with Gasteiger partial charge in [0.05, 0.1) is 10.5 Å². The van der Waals surface area contributed by atoms with Crippen molar-refractivity contribution in [1.29, 1.82) is 0 Å². The summed E-state index contributed by atoms with van der Waals surface area (Å²) in [5, 5.41) is 0. The Hall–Kier alpha value is -3.73. The fourth-order valence-corrected chi connectivity index (χ4v) is 5.02. The van der Waals surface area contributed by atoms with Crippen LogP contribution in [0.3, 0.4) is 0 Å². The molecule has 0 unspecified atom stereocenters. The molecule has 0 spiro atoms. The molecule has 1 heterocycles. The molecule has 3 aromatic rings. The van der Waals surface area contributed by atoms with Crippen LogP contribution in [-0.4, -0.2) is 52.0 Å². The number of halogens is 3. The molecule has 0 saturated carbocycles. The topological polar surface area (TPSA) is 78.9 Å². The zero-order valence-corrected chi connectivity index (χ0v) is 20.8. The zero-order chi connectivity index (χ0) is 26.6. The van der Waals surface area contributed by atoms with Gasteiger partial charge in [0.25, 0.3) is 15.9 Å². The highest BCUT2D eigenvalue weighted by atomic mass is 32.2. The Bertz CT molecular complexity index is 1350. The van der Waals surface area contributed by atoms with Crippen LogP contribution < -0.4 is 14.4 Å². The lowest BCUT2D eigenvalue weighted by Gasteiger charge is -2.36. The Morgan fingerprint density at radius 2 is 1.62 bits per heavy atom. The van der Waals surface area contributed by atoms with Crippen LogP contribution in [0.5, 0.6) is 5.75 Å².